The highest BCUT2D eigenvalue weighted by Gasteiger charge is 2.76. The number of hydrogen-bond donors (Lipinski definition) is 0. The lowest BCUT2D eigenvalue weighted by Gasteiger charge is -2.63. The summed E-state index contributed by atoms with van der Waals surface area (Å²) in [7, 11) is 0. The minimum Gasteiger partial charge on any atom is -0.465 e. The Morgan fingerprint density at radius 1 is 1.33 bits per heavy atom. The van der Waals surface area contributed by atoms with E-state index in [2.05, 4.69) is 13.8 Å². The van der Waals surface area contributed by atoms with Crippen LogP contribution in [0.15, 0.2) is 24.3 Å². The molecule has 1 fully saturated rings. The molecule has 21 heavy (non-hydrogen) atoms. The van der Waals surface area contributed by atoms with Crippen molar-refractivity contribution in [1.82, 2.24) is 0 Å². The highest BCUT2D eigenvalue weighted by molar-refractivity contribution is 6.05. The minimum absolute atomic E-state index is 0.130. The Morgan fingerprint density at radius 2 is 2.00 bits per heavy atom. The first-order valence-electron chi connectivity index (χ1n) is 7.36. The van der Waals surface area contributed by atoms with Crippen LogP contribution in [0.1, 0.15) is 39.2 Å². The molecular formula is C17H20O4. The van der Waals surface area contributed by atoms with Crippen LogP contribution in [0.4, 0.5) is 0 Å². The largest absolute Gasteiger partial charge is 0.465 e. The number of carbonyl (C=O) groups excluding carboxylic acids is 2. The maximum Gasteiger partial charge on any atom is 0.329 e. The molecule has 2 aliphatic rings. The molecule has 3 atom stereocenters. The van der Waals surface area contributed by atoms with Gasteiger partial charge in [0.25, 0.3) is 0 Å². The molecule has 1 saturated carbocycles. The van der Waals surface area contributed by atoms with Gasteiger partial charge in [-0.1, -0.05) is 39.0 Å². The van der Waals surface area contributed by atoms with E-state index in [-0.39, 0.29) is 23.9 Å². The van der Waals surface area contributed by atoms with Crippen molar-refractivity contribution in [2.24, 2.45) is 16.7 Å². The SMILES string of the molecule is CCOC(=O)[C@]12C(=O)Oc3ccccc3[C@H]1C(C)(C)[C@@H]2C. The molecule has 1 aromatic carbocycles. The average Bonchev–Trinajstić information content (AvgIpc) is 2.45. The third-order valence-electron chi connectivity index (χ3n) is 5.38. The Morgan fingerprint density at radius 3 is 2.67 bits per heavy atom. The van der Waals surface area contributed by atoms with E-state index in [1.54, 1.807) is 13.0 Å². The molecule has 0 saturated heterocycles. The molecule has 0 spiro atoms. The maximum absolute atomic E-state index is 12.6. The van der Waals surface area contributed by atoms with Crippen LogP contribution in [-0.4, -0.2) is 18.5 Å². The lowest BCUT2D eigenvalue weighted by Crippen LogP contribution is -2.69. The Balaban J connectivity index is 2.19. The van der Waals surface area contributed by atoms with E-state index < -0.39 is 17.4 Å². The highest BCUT2D eigenvalue weighted by Crippen LogP contribution is 2.71. The van der Waals surface area contributed by atoms with Crippen molar-refractivity contribution in [3.8, 4) is 5.75 Å². The fraction of sp³-hybridized carbons (Fsp3) is 0.529. The van der Waals surface area contributed by atoms with Gasteiger partial charge in [0, 0.05) is 11.5 Å². The fourth-order valence-corrected chi connectivity index (χ4v) is 4.14. The van der Waals surface area contributed by atoms with E-state index in [0.717, 1.165) is 5.56 Å². The number of carbonyl (C=O) groups is 2. The first kappa shape index (κ1) is 14.1. The monoisotopic (exact) mass is 288 g/mol. The molecule has 3 rings (SSSR count). The highest BCUT2D eigenvalue weighted by atomic mass is 16.6. The van der Waals surface area contributed by atoms with Gasteiger partial charge in [-0.15, -0.1) is 0 Å². The predicted molar refractivity (Wildman–Crippen MR) is 76.8 cm³/mol. The van der Waals surface area contributed by atoms with Crippen LogP contribution in [0.5, 0.6) is 5.75 Å². The van der Waals surface area contributed by atoms with Crippen molar-refractivity contribution in [3.63, 3.8) is 0 Å². The van der Waals surface area contributed by atoms with Gasteiger partial charge in [0.05, 0.1) is 6.61 Å². The van der Waals surface area contributed by atoms with Crippen LogP contribution in [0, 0.1) is 16.7 Å². The van der Waals surface area contributed by atoms with Gasteiger partial charge in [0.2, 0.25) is 0 Å². The zero-order chi connectivity index (χ0) is 15.4. The summed E-state index contributed by atoms with van der Waals surface area (Å²) in [4.78, 5) is 25.2. The quantitative estimate of drug-likeness (QED) is 0.477. The lowest BCUT2D eigenvalue weighted by atomic mass is 9.38. The molecule has 0 unspecified atom stereocenters. The van der Waals surface area contributed by atoms with E-state index >= 15 is 0 Å². The second-order valence-corrected chi connectivity index (χ2v) is 6.49. The fourth-order valence-electron chi connectivity index (χ4n) is 4.14. The zero-order valence-electron chi connectivity index (χ0n) is 12.8. The number of esters is 2. The van der Waals surface area contributed by atoms with E-state index in [4.69, 9.17) is 9.47 Å². The van der Waals surface area contributed by atoms with Gasteiger partial charge in [-0.3, -0.25) is 9.59 Å². The van der Waals surface area contributed by atoms with Crippen LogP contribution in [-0.2, 0) is 14.3 Å². The number of hydrogen-bond acceptors (Lipinski definition) is 4. The number of rotatable bonds is 2. The molecule has 1 heterocycles. The van der Waals surface area contributed by atoms with Gasteiger partial charge in [0.15, 0.2) is 5.41 Å². The van der Waals surface area contributed by atoms with Crippen LogP contribution in [0.3, 0.4) is 0 Å². The molecule has 0 N–H and O–H groups in total. The first-order chi connectivity index (χ1) is 9.88. The van der Waals surface area contributed by atoms with Crippen molar-refractivity contribution in [1.29, 1.82) is 0 Å². The summed E-state index contributed by atoms with van der Waals surface area (Å²) < 4.78 is 10.7. The van der Waals surface area contributed by atoms with Gasteiger partial charge in [-0.2, -0.15) is 0 Å². The molecule has 1 aliphatic carbocycles. The summed E-state index contributed by atoms with van der Waals surface area (Å²) in [5.41, 5.74) is -0.441. The van der Waals surface area contributed by atoms with Crippen LogP contribution in [0.2, 0.25) is 0 Å². The normalized spacial score (nSPS) is 32.3. The summed E-state index contributed by atoms with van der Waals surface area (Å²) >= 11 is 0. The van der Waals surface area contributed by atoms with Gasteiger partial charge in [-0.05, 0) is 24.3 Å². The standard InChI is InChI=1S/C17H20O4/c1-5-20-14(18)17-10(2)16(3,4)13(17)11-8-6-7-9-12(11)21-15(17)19/h6-10,13H,5H2,1-4H3/t10-,13-,17+/m0/s1. The first-order valence-corrected chi connectivity index (χ1v) is 7.36. The van der Waals surface area contributed by atoms with Crippen molar-refractivity contribution >= 4 is 11.9 Å². The zero-order valence-corrected chi connectivity index (χ0v) is 12.8. The van der Waals surface area contributed by atoms with Crippen molar-refractivity contribution in [2.75, 3.05) is 6.61 Å². The van der Waals surface area contributed by atoms with Crippen molar-refractivity contribution in [3.05, 3.63) is 29.8 Å². The molecule has 1 aliphatic heterocycles. The minimum atomic E-state index is -1.20. The third kappa shape index (κ3) is 1.50. The second-order valence-electron chi connectivity index (χ2n) is 6.49. The maximum atomic E-state index is 12.6. The predicted octanol–water partition coefficient (Wildman–Crippen LogP) is 2.91. The summed E-state index contributed by atoms with van der Waals surface area (Å²) in [6.45, 7) is 8.13. The number of para-hydroxylation sites is 1. The molecule has 4 nitrogen and oxygen atoms in total. The third-order valence-corrected chi connectivity index (χ3v) is 5.38. The molecule has 0 aromatic heterocycles. The van der Waals surface area contributed by atoms with Crippen LogP contribution in [0.25, 0.3) is 0 Å². The lowest BCUT2D eigenvalue weighted by molar-refractivity contribution is -0.208. The summed E-state index contributed by atoms with van der Waals surface area (Å²) in [5.74, 6) is -0.698. The molecule has 1 aromatic rings. The Bertz CT molecular complexity index is 619. The van der Waals surface area contributed by atoms with Crippen molar-refractivity contribution < 1.29 is 19.1 Å². The molecule has 0 radical (unpaired) electrons. The smallest absolute Gasteiger partial charge is 0.329 e. The van der Waals surface area contributed by atoms with Crippen LogP contribution < -0.4 is 4.74 Å². The van der Waals surface area contributed by atoms with Crippen molar-refractivity contribution in [2.45, 2.75) is 33.6 Å². The molecule has 0 amide bonds. The summed E-state index contributed by atoms with van der Waals surface area (Å²) in [6, 6.07) is 7.46. The summed E-state index contributed by atoms with van der Waals surface area (Å²) in [5, 5.41) is 0. The number of benzene rings is 1. The van der Waals surface area contributed by atoms with E-state index in [9.17, 15) is 9.59 Å². The average molecular weight is 288 g/mol. The van der Waals surface area contributed by atoms with Gasteiger partial charge < -0.3 is 9.47 Å². The Hall–Kier alpha value is -1.84. The Kier molecular flexibility index (Phi) is 2.91. The topological polar surface area (TPSA) is 52.6 Å². The molecule has 0 bridgehead atoms. The molecule has 112 valence electrons. The van der Waals surface area contributed by atoms with E-state index in [1.807, 2.05) is 25.1 Å². The van der Waals surface area contributed by atoms with Gasteiger partial charge in [0.1, 0.15) is 5.75 Å². The summed E-state index contributed by atoms with van der Waals surface area (Å²) in [6.07, 6.45) is 0. The van der Waals surface area contributed by atoms with Crippen LogP contribution >= 0.6 is 0 Å². The number of ether oxygens (including phenoxy) is 2. The van der Waals surface area contributed by atoms with E-state index in [0.29, 0.717) is 5.75 Å². The van der Waals surface area contributed by atoms with Gasteiger partial charge >= 0.3 is 11.9 Å². The molecular weight excluding hydrogens is 268 g/mol. The second kappa shape index (κ2) is 4.33. The Labute approximate surface area is 124 Å². The molecule has 4 heteroatoms. The van der Waals surface area contributed by atoms with Gasteiger partial charge in [-0.25, -0.2) is 0 Å². The van der Waals surface area contributed by atoms with E-state index in [1.165, 1.54) is 0 Å². The number of fused-ring (bicyclic) bond motifs is 3.